The van der Waals surface area contributed by atoms with Crippen LogP contribution in [0.3, 0.4) is 0 Å². The van der Waals surface area contributed by atoms with Crippen molar-refractivity contribution in [2.45, 2.75) is 160 Å². The molecule has 1 heterocycles. The maximum Gasteiger partial charge on any atom is 0.315 e. The van der Waals surface area contributed by atoms with Gasteiger partial charge in [-0.1, -0.05) is 66.7 Å². The van der Waals surface area contributed by atoms with Crippen LogP contribution in [0.5, 0.6) is 0 Å². The highest BCUT2D eigenvalue weighted by Gasteiger charge is 2.70. The number of carbonyl (C=O) groups excluding carboxylic acids is 5. The fourth-order valence-electron chi connectivity index (χ4n) is 8.13. The van der Waals surface area contributed by atoms with Crippen molar-refractivity contribution in [3.8, 4) is 0 Å². The summed E-state index contributed by atoms with van der Waals surface area (Å²) in [6, 6.07) is -3.45. The number of likely N-dealkylation sites (tertiary alicyclic amines) is 1. The molecule has 5 rings (SSSR count). The van der Waals surface area contributed by atoms with Crippen LogP contribution in [0.15, 0.2) is 0 Å². The van der Waals surface area contributed by atoms with Gasteiger partial charge in [-0.2, -0.15) is 0 Å². The van der Waals surface area contributed by atoms with Gasteiger partial charge >= 0.3 is 6.03 Å². The highest BCUT2D eigenvalue weighted by Crippen LogP contribution is 2.65. The van der Waals surface area contributed by atoms with Gasteiger partial charge in [0.2, 0.25) is 17.6 Å². The second-order valence-corrected chi connectivity index (χ2v) is 21.4. The quantitative estimate of drug-likeness (QED) is 0.211. The minimum absolute atomic E-state index is 0.0112. The van der Waals surface area contributed by atoms with E-state index in [-0.39, 0.29) is 29.0 Å². The summed E-state index contributed by atoms with van der Waals surface area (Å²) in [4.78, 5) is 70.1. The molecule has 0 bridgehead atoms. The van der Waals surface area contributed by atoms with Gasteiger partial charge in [-0.05, 0) is 87.9 Å². The van der Waals surface area contributed by atoms with Crippen LogP contribution in [-0.2, 0) is 29.0 Å². The van der Waals surface area contributed by atoms with Crippen molar-refractivity contribution in [2.75, 3.05) is 12.3 Å². The number of nitrogens with one attached hydrogen (secondary N) is 4. The van der Waals surface area contributed by atoms with Crippen LogP contribution in [0, 0.1) is 28.6 Å². The molecule has 1 saturated heterocycles. The fourth-order valence-corrected chi connectivity index (χ4v) is 9.65. The lowest BCUT2D eigenvalue weighted by molar-refractivity contribution is -0.145. The van der Waals surface area contributed by atoms with E-state index in [0.29, 0.717) is 31.7 Å². The average molecular weight is 720 g/mol. The van der Waals surface area contributed by atoms with Gasteiger partial charge in [-0.15, -0.1) is 0 Å². The Bertz CT molecular complexity index is 1470. The summed E-state index contributed by atoms with van der Waals surface area (Å²) in [7, 11) is -3.56. The predicted molar refractivity (Wildman–Crippen MR) is 191 cm³/mol. The molecule has 12 nitrogen and oxygen atoms in total. The number of urea groups is 1. The molecule has 5 fully saturated rings. The molecule has 0 aromatic rings. The van der Waals surface area contributed by atoms with Crippen molar-refractivity contribution in [1.82, 2.24) is 26.2 Å². The first-order valence-electron chi connectivity index (χ1n) is 18.8. The van der Waals surface area contributed by atoms with E-state index in [1.807, 2.05) is 20.8 Å². The number of hydrogen-bond acceptors (Lipinski definition) is 7. The zero-order valence-corrected chi connectivity index (χ0v) is 32.3. The molecule has 4 saturated carbocycles. The molecule has 13 heteroatoms. The summed E-state index contributed by atoms with van der Waals surface area (Å²) in [6.45, 7) is 15.0. The Labute approximate surface area is 298 Å². The van der Waals surface area contributed by atoms with E-state index in [9.17, 15) is 32.4 Å². The van der Waals surface area contributed by atoms with Crippen LogP contribution < -0.4 is 21.3 Å². The first-order chi connectivity index (χ1) is 23.1. The van der Waals surface area contributed by atoms with Crippen molar-refractivity contribution in [3.05, 3.63) is 0 Å². The Morgan fingerprint density at radius 3 is 2.04 bits per heavy atom. The number of rotatable bonds is 13. The molecule has 282 valence electrons. The van der Waals surface area contributed by atoms with Gasteiger partial charge in [0.1, 0.15) is 12.1 Å². The van der Waals surface area contributed by atoms with E-state index in [0.717, 1.165) is 51.4 Å². The zero-order valence-electron chi connectivity index (χ0n) is 31.4. The third-order valence-corrected chi connectivity index (χ3v) is 14.9. The summed E-state index contributed by atoms with van der Waals surface area (Å²) in [5.41, 5.74) is -1.89. The van der Waals surface area contributed by atoms with Gasteiger partial charge in [0.25, 0.3) is 5.91 Å². The Balaban J connectivity index is 1.33. The Morgan fingerprint density at radius 2 is 1.50 bits per heavy atom. The molecule has 4 N–H and O–H groups in total. The summed E-state index contributed by atoms with van der Waals surface area (Å²) < 4.78 is 25.7. The van der Waals surface area contributed by atoms with E-state index >= 15 is 0 Å². The largest absolute Gasteiger partial charge is 0.347 e. The molecular formula is C37H61N5O7S. The highest BCUT2D eigenvalue weighted by molar-refractivity contribution is 7.92. The van der Waals surface area contributed by atoms with Crippen molar-refractivity contribution >= 4 is 39.4 Å². The first-order valence-corrected chi connectivity index (χ1v) is 20.5. The molecule has 0 aromatic heterocycles. The lowest BCUT2D eigenvalue weighted by Crippen LogP contribution is -2.64. The number of piperidine rings is 1. The first kappa shape index (κ1) is 38.5. The van der Waals surface area contributed by atoms with Crippen molar-refractivity contribution in [2.24, 2.45) is 28.6 Å². The van der Waals surface area contributed by atoms with Gasteiger partial charge < -0.3 is 26.2 Å². The van der Waals surface area contributed by atoms with Crippen LogP contribution in [0.2, 0.25) is 0 Å². The summed E-state index contributed by atoms with van der Waals surface area (Å²) in [6.07, 6.45) is 8.52. The number of nitrogens with zero attached hydrogens (tertiary/aromatic N) is 1. The molecule has 0 spiro atoms. The number of carbonyl (C=O) groups is 5. The number of Topliss-reactive ketones (excluding diaryl/α,β-unsaturated/α-hetero) is 1. The van der Waals surface area contributed by atoms with E-state index in [1.54, 1.807) is 25.7 Å². The molecule has 0 radical (unpaired) electrons. The standard InChI is InChI=1S/C37H61N5O7S/c1-34(2,3)29(40-33(47)41-37(18-10-9-11-19-37)21-50(48,49)35(4,5)6)32(46)42-20-24-26(36(24,7)8)27(42)30(44)39-25(17-14-22-12-13-22)28(43)31(45)38-23-15-16-23/h22-27,29H,9-21H2,1-8H3,(H,38,45)(H,39,44)(H2,40,41,47)/t24-,25-,26-,27-,29+/m0/s1. The van der Waals surface area contributed by atoms with Crippen molar-refractivity contribution < 1.29 is 32.4 Å². The third kappa shape index (κ3) is 8.49. The van der Waals surface area contributed by atoms with Gasteiger partial charge in [-0.3, -0.25) is 19.2 Å². The molecule has 50 heavy (non-hydrogen) atoms. The molecule has 4 aliphatic carbocycles. The van der Waals surface area contributed by atoms with Crippen molar-refractivity contribution in [1.29, 1.82) is 0 Å². The zero-order chi connectivity index (χ0) is 37.0. The Hall–Kier alpha value is -2.70. The SMILES string of the molecule is CC(C)(C)[C@H](NC(=O)NC1(CS(=O)(=O)C(C)(C)C)CCCCC1)C(=O)N1C[C@H]2[C@@H]([C@H]1C(=O)N[C@@H](CCC1CC1)C(=O)C(=O)NC1CC1)C2(C)C. The summed E-state index contributed by atoms with van der Waals surface area (Å²) in [5, 5.41) is 11.6. The molecule has 5 atom stereocenters. The van der Waals surface area contributed by atoms with Crippen LogP contribution in [0.25, 0.3) is 0 Å². The Morgan fingerprint density at radius 1 is 0.880 bits per heavy atom. The maximum absolute atomic E-state index is 14.5. The molecule has 0 unspecified atom stereocenters. The lowest BCUT2D eigenvalue weighted by Gasteiger charge is -2.41. The normalized spacial score (nSPS) is 27.0. The number of ketones is 1. The highest BCUT2D eigenvalue weighted by atomic mass is 32.2. The predicted octanol–water partition coefficient (Wildman–Crippen LogP) is 3.62. The molecular weight excluding hydrogens is 659 g/mol. The summed E-state index contributed by atoms with van der Waals surface area (Å²) in [5.74, 6) is -1.92. The maximum atomic E-state index is 14.5. The van der Waals surface area contributed by atoms with E-state index < -0.39 is 73.2 Å². The minimum atomic E-state index is -3.56. The van der Waals surface area contributed by atoms with E-state index in [2.05, 4.69) is 35.1 Å². The summed E-state index contributed by atoms with van der Waals surface area (Å²) >= 11 is 0. The number of fused-ring (bicyclic) bond motifs is 1. The molecule has 0 aromatic carbocycles. The van der Waals surface area contributed by atoms with Gasteiger partial charge in [0, 0.05) is 12.6 Å². The average Bonchev–Trinajstić information content (AvgIpc) is 3.95. The minimum Gasteiger partial charge on any atom is -0.347 e. The molecule has 1 aliphatic heterocycles. The van der Waals surface area contributed by atoms with Crippen LogP contribution in [0.1, 0.15) is 126 Å². The number of sulfone groups is 1. The monoisotopic (exact) mass is 719 g/mol. The molecule has 5 aliphatic rings. The Kier molecular flexibility index (Phi) is 10.6. The third-order valence-electron chi connectivity index (χ3n) is 12.1. The van der Waals surface area contributed by atoms with E-state index in [4.69, 9.17) is 0 Å². The smallest absolute Gasteiger partial charge is 0.315 e. The lowest BCUT2D eigenvalue weighted by atomic mass is 9.83. The fraction of sp³-hybridized carbons (Fsp3) is 0.865. The number of amides is 5. The van der Waals surface area contributed by atoms with Gasteiger partial charge in [0.15, 0.2) is 9.84 Å². The van der Waals surface area contributed by atoms with Crippen LogP contribution >= 0.6 is 0 Å². The van der Waals surface area contributed by atoms with Gasteiger partial charge in [-0.25, -0.2) is 13.2 Å². The topological polar surface area (TPSA) is 171 Å². The van der Waals surface area contributed by atoms with Crippen LogP contribution in [-0.4, -0.2) is 89.6 Å². The molecule has 5 amide bonds. The second kappa shape index (κ2) is 13.7. The second-order valence-electron chi connectivity index (χ2n) is 18.7. The van der Waals surface area contributed by atoms with E-state index in [1.165, 1.54) is 0 Å². The van der Waals surface area contributed by atoms with Crippen molar-refractivity contribution in [3.63, 3.8) is 0 Å². The number of hydrogen-bond donors (Lipinski definition) is 4. The van der Waals surface area contributed by atoms with Gasteiger partial charge in [0.05, 0.1) is 22.1 Å². The van der Waals surface area contributed by atoms with Crippen LogP contribution in [0.4, 0.5) is 4.79 Å².